The fraction of sp³-hybridized carbons (Fsp3) is 0. The minimum Gasteiger partial charge on any atom is -0.477 e. The number of carbonyl (C=O) groups is 1. The molecule has 0 aliphatic heterocycles. The molecule has 2 aromatic heterocycles. The Morgan fingerprint density at radius 3 is 2.86 bits per heavy atom. The van der Waals surface area contributed by atoms with Gasteiger partial charge in [-0.05, 0) is 18.2 Å². The molecule has 0 atom stereocenters. The summed E-state index contributed by atoms with van der Waals surface area (Å²) in [7, 11) is 0. The normalized spacial score (nSPS) is 10.4. The van der Waals surface area contributed by atoms with Crippen molar-refractivity contribution in [1.82, 2.24) is 4.98 Å². The Bertz CT molecular complexity index is 881. The van der Waals surface area contributed by atoms with Gasteiger partial charge in [-0.3, -0.25) is 0 Å². The summed E-state index contributed by atoms with van der Waals surface area (Å²) in [5.41, 5.74) is 1.30. The van der Waals surface area contributed by atoms with E-state index in [9.17, 15) is 10.1 Å². The summed E-state index contributed by atoms with van der Waals surface area (Å²) >= 11 is 2.47. The lowest BCUT2D eigenvalue weighted by Gasteiger charge is -2.04. The molecule has 0 saturated carbocycles. The van der Waals surface area contributed by atoms with Gasteiger partial charge in [0.05, 0.1) is 11.1 Å². The van der Waals surface area contributed by atoms with E-state index in [1.165, 1.54) is 11.8 Å². The maximum Gasteiger partial charge on any atom is 0.345 e. The molecule has 0 amide bonds. The second-order valence-electron chi connectivity index (χ2n) is 4.20. The van der Waals surface area contributed by atoms with Gasteiger partial charge in [0.1, 0.15) is 16.0 Å². The van der Waals surface area contributed by atoms with Gasteiger partial charge in [0.2, 0.25) is 0 Å². The number of para-hydroxylation sites is 1. The average molecular weight is 312 g/mol. The molecule has 102 valence electrons. The first-order chi connectivity index (χ1) is 10.2. The van der Waals surface area contributed by atoms with Gasteiger partial charge in [0, 0.05) is 15.7 Å². The van der Waals surface area contributed by atoms with Crippen LogP contribution in [-0.4, -0.2) is 16.1 Å². The third-order valence-electron chi connectivity index (χ3n) is 2.81. The molecule has 0 aliphatic rings. The third-order valence-corrected chi connectivity index (χ3v) is 4.85. The number of aromatic nitrogens is 1. The number of benzene rings is 1. The second kappa shape index (κ2) is 5.56. The molecule has 0 aliphatic carbocycles. The molecule has 0 bridgehead atoms. The number of nitrogens with zero attached hydrogens (tertiary/aromatic N) is 2. The molecule has 21 heavy (non-hydrogen) atoms. The Labute approximate surface area is 128 Å². The Hall–Kier alpha value is -2.36. The van der Waals surface area contributed by atoms with Crippen LogP contribution in [0.15, 0.2) is 51.7 Å². The Morgan fingerprint density at radius 1 is 1.33 bits per heavy atom. The number of fused-ring (bicyclic) bond motifs is 1. The fourth-order valence-corrected chi connectivity index (χ4v) is 3.63. The predicted molar refractivity (Wildman–Crippen MR) is 81.9 cm³/mol. The van der Waals surface area contributed by atoms with Crippen molar-refractivity contribution in [3.8, 4) is 6.07 Å². The molecule has 0 fully saturated rings. The zero-order valence-electron chi connectivity index (χ0n) is 10.6. The molecule has 0 saturated heterocycles. The minimum absolute atomic E-state index is 0.275. The number of hydrogen-bond donors (Lipinski definition) is 1. The average Bonchev–Trinajstić information content (AvgIpc) is 2.95. The van der Waals surface area contributed by atoms with E-state index in [-0.39, 0.29) is 4.88 Å². The highest BCUT2D eigenvalue weighted by atomic mass is 32.2. The quantitative estimate of drug-likeness (QED) is 0.790. The number of thiophene rings is 1. The van der Waals surface area contributed by atoms with Crippen LogP contribution in [0.25, 0.3) is 10.9 Å². The Morgan fingerprint density at radius 2 is 2.14 bits per heavy atom. The highest BCUT2D eigenvalue weighted by Crippen LogP contribution is 2.33. The van der Waals surface area contributed by atoms with E-state index in [1.54, 1.807) is 17.5 Å². The van der Waals surface area contributed by atoms with Crippen molar-refractivity contribution >= 4 is 40.0 Å². The summed E-state index contributed by atoms with van der Waals surface area (Å²) in [5, 5.41) is 21.5. The monoisotopic (exact) mass is 312 g/mol. The zero-order chi connectivity index (χ0) is 14.8. The SMILES string of the molecule is N#Cc1cc2ccccc2nc1Sc1csc(C(=O)O)c1. The highest BCUT2D eigenvalue weighted by molar-refractivity contribution is 7.99. The molecule has 3 rings (SSSR count). The summed E-state index contributed by atoms with van der Waals surface area (Å²) in [4.78, 5) is 16.4. The van der Waals surface area contributed by atoms with Gasteiger partial charge >= 0.3 is 5.97 Å². The smallest absolute Gasteiger partial charge is 0.345 e. The van der Waals surface area contributed by atoms with Crippen LogP contribution in [0.1, 0.15) is 15.2 Å². The first-order valence-electron chi connectivity index (χ1n) is 5.97. The lowest BCUT2D eigenvalue weighted by atomic mass is 10.2. The lowest BCUT2D eigenvalue weighted by molar-refractivity contribution is 0.0702. The molecule has 4 nitrogen and oxygen atoms in total. The summed E-state index contributed by atoms with van der Waals surface area (Å²) in [6.45, 7) is 0. The predicted octanol–water partition coefficient (Wildman–Crippen LogP) is 4.02. The van der Waals surface area contributed by atoms with Crippen LogP contribution < -0.4 is 0 Å². The molecular weight excluding hydrogens is 304 g/mol. The maximum absolute atomic E-state index is 10.9. The van der Waals surface area contributed by atoms with E-state index in [1.807, 2.05) is 24.3 Å². The summed E-state index contributed by atoms with van der Waals surface area (Å²) in [6, 6.07) is 13.1. The number of pyridine rings is 1. The minimum atomic E-state index is -0.946. The van der Waals surface area contributed by atoms with E-state index in [0.717, 1.165) is 27.1 Å². The molecule has 6 heteroatoms. The van der Waals surface area contributed by atoms with Gasteiger partial charge in [-0.15, -0.1) is 11.3 Å². The number of carboxylic acid groups (broad SMARTS) is 1. The number of nitriles is 1. The van der Waals surface area contributed by atoms with Crippen LogP contribution in [0.3, 0.4) is 0 Å². The van der Waals surface area contributed by atoms with Crippen molar-refractivity contribution in [2.75, 3.05) is 0 Å². The zero-order valence-corrected chi connectivity index (χ0v) is 12.2. The Kier molecular flexibility index (Phi) is 3.60. The molecule has 1 N–H and O–H groups in total. The van der Waals surface area contributed by atoms with Gasteiger partial charge in [-0.1, -0.05) is 30.0 Å². The van der Waals surface area contributed by atoms with E-state index in [2.05, 4.69) is 11.1 Å². The number of hydrogen-bond acceptors (Lipinski definition) is 5. The molecule has 0 spiro atoms. The summed E-state index contributed by atoms with van der Waals surface area (Å²) in [5.74, 6) is -0.946. The van der Waals surface area contributed by atoms with Crippen LogP contribution in [0.4, 0.5) is 0 Å². The molecular formula is C15H8N2O2S2. The van der Waals surface area contributed by atoms with E-state index >= 15 is 0 Å². The van der Waals surface area contributed by atoms with E-state index in [0.29, 0.717) is 10.6 Å². The van der Waals surface area contributed by atoms with Gasteiger partial charge in [-0.2, -0.15) is 5.26 Å². The van der Waals surface area contributed by atoms with Gasteiger partial charge in [-0.25, -0.2) is 9.78 Å². The van der Waals surface area contributed by atoms with Crippen LogP contribution in [0.2, 0.25) is 0 Å². The molecule has 2 heterocycles. The van der Waals surface area contributed by atoms with Crippen LogP contribution in [-0.2, 0) is 0 Å². The van der Waals surface area contributed by atoms with Gasteiger partial charge < -0.3 is 5.11 Å². The standard InChI is InChI=1S/C15H8N2O2S2/c16-7-10-5-9-3-1-2-4-12(9)17-14(10)21-11-6-13(15(18)19)20-8-11/h1-6,8H,(H,18,19). The maximum atomic E-state index is 10.9. The van der Waals surface area contributed by atoms with Crippen LogP contribution >= 0.6 is 23.1 Å². The second-order valence-corrected chi connectivity index (χ2v) is 6.17. The third kappa shape index (κ3) is 2.75. The highest BCUT2D eigenvalue weighted by Gasteiger charge is 2.12. The first kappa shape index (κ1) is 13.6. The van der Waals surface area contributed by atoms with Gasteiger partial charge in [0.15, 0.2) is 0 Å². The molecule has 3 aromatic rings. The topological polar surface area (TPSA) is 74.0 Å². The van der Waals surface area contributed by atoms with E-state index < -0.39 is 5.97 Å². The number of carboxylic acids is 1. The molecule has 0 radical (unpaired) electrons. The van der Waals surface area contributed by atoms with Crippen LogP contribution in [0.5, 0.6) is 0 Å². The van der Waals surface area contributed by atoms with Crippen molar-refractivity contribution in [3.63, 3.8) is 0 Å². The molecule has 0 unspecified atom stereocenters. The lowest BCUT2D eigenvalue weighted by Crippen LogP contribution is -1.90. The first-order valence-corrected chi connectivity index (χ1v) is 7.66. The van der Waals surface area contributed by atoms with Crippen molar-refractivity contribution in [2.45, 2.75) is 9.92 Å². The summed E-state index contributed by atoms with van der Waals surface area (Å²) in [6.07, 6.45) is 0. The summed E-state index contributed by atoms with van der Waals surface area (Å²) < 4.78 is 0. The number of rotatable bonds is 3. The fourth-order valence-electron chi connectivity index (χ4n) is 1.85. The van der Waals surface area contributed by atoms with Crippen molar-refractivity contribution in [3.05, 3.63) is 52.2 Å². The molecule has 1 aromatic carbocycles. The van der Waals surface area contributed by atoms with Crippen LogP contribution in [0, 0.1) is 11.3 Å². The largest absolute Gasteiger partial charge is 0.477 e. The van der Waals surface area contributed by atoms with Crippen molar-refractivity contribution in [2.24, 2.45) is 0 Å². The Balaban J connectivity index is 2.02. The van der Waals surface area contributed by atoms with Gasteiger partial charge in [0.25, 0.3) is 0 Å². The number of aromatic carboxylic acids is 1. The van der Waals surface area contributed by atoms with Crippen molar-refractivity contribution < 1.29 is 9.90 Å². The van der Waals surface area contributed by atoms with Crippen molar-refractivity contribution in [1.29, 1.82) is 5.26 Å². The van der Waals surface area contributed by atoms with E-state index in [4.69, 9.17) is 5.11 Å².